The summed E-state index contributed by atoms with van der Waals surface area (Å²) >= 11 is 1.51. The zero-order valence-electron chi connectivity index (χ0n) is 13.6. The van der Waals surface area contributed by atoms with Crippen LogP contribution in [0.15, 0.2) is 24.3 Å². The van der Waals surface area contributed by atoms with Crippen molar-refractivity contribution in [2.75, 3.05) is 37.4 Å². The van der Waals surface area contributed by atoms with Crippen LogP contribution in [-0.4, -0.2) is 60.4 Å². The Hall–Kier alpha value is -2.02. The highest BCUT2D eigenvalue weighted by Gasteiger charge is 2.30. The van der Waals surface area contributed by atoms with Gasteiger partial charge < -0.3 is 14.5 Å². The van der Waals surface area contributed by atoms with Crippen molar-refractivity contribution >= 4 is 35.2 Å². The van der Waals surface area contributed by atoms with Gasteiger partial charge >= 0.3 is 5.97 Å². The molecule has 128 valence electrons. The maximum absolute atomic E-state index is 12.8. The molecule has 1 atom stereocenters. The molecule has 0 aliphatic carbocycles. The third-order valence-electron chi connectivity index (χ3n) is 4.30. The van der Waals surface area contributed by atoms with Gasteiger partial charge in [-0.05, 0) is 24.6 Å². The maximum Gasteiger partial charge on any atom is 0.320 e. The summed E-state index contributed by atoms with van der Waals surface area (Å²) in [6.07, 6.45) is 1.41. The smallest absolute Gasteiger partial charge is 0.320 e. The lowest BCUT2D eigenvalue weighted by Crippen LogP contribution is -2.45. The minimum atomic E-state index is -0.337. The third kappa shape index (κ3) is 3.40. The quantitative estimate of drug-likeness (QED) is 0.775. The molecule has 0 radical (unpaired) electrons. The molecule has 0 unspecified atom stereocenters. The van der Waals surface area contributed by atoms with Gasteiger partial charge in [-0.2, -0.15) is 0 Å². The van der Waals surface area contributed by atoms with Crippen LogP contribution in [-0.2, 0) is 14.3 Å². The monoisotopic (exact) mass is 348 g/mol. The normalized spacial score (nSPS) is 21.0. The minimum absolute atomic E-state index is 0.0970. The summed E-state index contributed by atoms with van der Waals surface area (Å²) < 4.78 is 4.78. The predicted molar refractivity (Wildman–Crippen MR) is 92.2 cm³/mol. The first-order valence-corrected chi connectivity index (χ1v) is 9.04. The lowest BCUT2D eigenvalue weighted by atomic mass is 10.1. The molecule has 0 saturated carbocycles. The topological polar surface area (TPSA) is 66.9 Å². The fraction of sp³-hybridized carbons (Fsp3) is 0.471. The Kier molecular flexibility index (Phi) is 5.08. The molecule has 2 aliphatic rings. The van der Waals surface area contributed by atoms with Crippen LogP contribution >= 0.6 is 11.8 Å². The molecule has 0 bridgehead atoms. The van der Waals surface area contributed by atoms with E-state index >= 15 is 0 Å². The van der Waals surface area contributed by atoms with Crippen molar-refractivity contribution in [1.29, 1.82) is 0 Å². The Labute approximate surface area is 145 Å². The molecule has 0 N–H and O–H groups in total. The van der Waals surface area contributed by atoms with Crippen molar-refractivity contribution in [3.05, 3.63) is 29.8 Å². The number of benzene rings is 1. The number of carbonyl (C=O) groups excluding carboxylic acids is 3. The molecule has 7 heteroatoms. The molecule has 2 fully saturated rings. The van der Waals surface area contributed by atoms with Gasteiger partial charge in [-0.1, -0.05) is 6.07 Å². The Morgan fingerprint density at radius 2 is 2.12 bits per heavy atom. The number of hydrogen-bond acceptors (Lipinski definition) is 5. The number of anilines is 1. The molecule has 2 amide bonds. The molecule has 2 saturated heterocycles. The number of nitrogens with zero attached hydrogens (tertiary/aromatic N) is 2. The van der Waals surface area contributed by atoms with Crippen LogP contribution in [0.5, 0.6) is 0 Å². The Morgan fingerprint density at radius 3 is 2.83 bits per heavy atom. The van der Waals surface area contributed by atoms with Crippen LogP contribution < -0.4 is 4.90 Å². The third-order valence-corrected chi connectivity index (χ3v) is 5.46. The van der Waals surface area contributed by atoms with Crippen molar-refractivity contribution < 1.29 is 19.1 Å². The molecule has 2 heterocycles. The number of amides is 2. The maximum atomic E-state index is 12.8. The highest BCUT2D eigenvalue weighted by Crippen LogP contribution is 2.25. The van der Waals surface area contributed by atoms with Crippen molar-refractivity contribution in [1.82, 2.24) is 4.90 Å². The second kappa shape index (κ2) is 7.25. The van der Waals surface area contributed by atoms with E-state index in [4.69, 9.17) is 4.74 Å². The molecule has 0 spiro atoms. The molecular formula is C17H20N2O4S. The lowest BCUT2D eigenvalue weighted by Gasteiger charge is -2.31. The summed E-state index contributed by atoms with van der Waals surface area (Å²) in [5, 5.41) is -0.337. The van der Waals surface area contributed by atoms with Crippen LogP contribution in [0.4, 0.5) is 5.69 Å². The Bertz CT molecular complexity index is 664. The van der Waals surface area contributed by atoms with Crippen molar-refractivity contribution in [3.63, 3.8) is 0 Å². The standard InChI is InChI=1S/C17H20N2O4S/c1-23-17(22)14-11-18(8-9-24-14)16(21)12-4-2-5-13(10-12)19-7-3-6-15(19)20/h2,4-5,10,14H,3,6-9,11H2,1H3/t14-/m0/s1. The van der Waals surface area contributed by atoms with E-state index in [1.165, 1.54) is 18.9 Å². The summed E-state index contributed by atoms with van der Waals surface area (Å²) in [6, 6.07) is 7.16. The number of carbonyl (C=O) groups is 3. The number of methoxy groups -OCH3 is 1. The van der Waals surface area contributed by atoms with E-state index in [-0.39, 0.29) is 23.0 Å². The Morgan fingerprint density at radius 1 is 1.29 bits per heavy atom. The molecule has 6 nitrogen and oxygen atoms in total. The van der Waals surface area contributed by atoms with Gasteiger partial charge in [-0.3, -0.25) is 14.4 Å². The van der Waals surface area contributed by atoms with Crippen LogP contribution in [0.2, 0.25) is 0 Å². The summed E-state index contributed by atoms with van der Waals surface area (Å²) in [7, 11) is 1.36. The Balaban J connectivity index is 1.75. The molecule has 0 aromatic heterocycles. The van der Waals surface area contributed by atoms with Crippen LogP contribution in [0.1, 0.15) is 23.2 Å². The summed E-state index contributed by atoms with van der Waals surface area (Å²) in [6.45, 7) is 1.65. The first kappa shape index (κ1) is 16.8. The SMILES string of the molecule is COC(=O)[C@@H]1CN(C(=O)c2cccc(N3CCCC3=O)c2)CCS1. The van der Waals surface area contributed by atoms with Gasteiger partial charge in [0.05, 0.1) is 7.11 Å². The summed E-state index contributed by atoms with van der Waals surface area (Å²) in [4.78, 5) is 39.8. The predicted octanol–water partition coefficient (Wildman–Crippen LogP) is 1.54. The average Bonchev–Trinajstić information content (AvgIpc) is 3.06. The summed E-state index contributed by atoms with van der Waals surface area (Å²) in [5.74, 6) is 0.391. The van der Waals surface area contributed by atoms with E-state index < -0.39 is 0 Å². The van der Waals surface area contributed by atoms with Crippen LogP contribution in [0, 0.1) is 0 Å². The van der Waals surface area contributed by atoms with E-state index in [1.807, 2.05) is 6.07 Å². The lowest BCUT2D eigenvalue weighted by molar-refractivity contribution is -0.140. The van der Waals surface area contributed by atoms with Crippen molar-refractivity contribution in [2.45, 2.75) is 18.1 Å². The zero-order chi connectivity index (χ0) is 17.1. The van der Waals surface area contributed by atoms with E-state index in [0.717, 1.165) is 12.1 Å². The van der Waals surface area contributed by atoms with Crippen molar-refractivity contribution in [2.24, 2.45) is 0 Å². The molecule has 2 aliphatic heterocycles. The number of thioether (sulfide) groups is 1. The van der Waals surface area contributed by atoms with Crippen molar-refractivity contribution in [3.8, 4) is 0 Å². The first-order valence-electron chi connectivity index (χ1n) is 7.99. The van der Waals surface area contributed by atoms with Gasteiger partial charge in [0.1, 0.15) is 5.25 Å². The van der Waals surface area contributed by atoms with E-state index in [1.54, 1.807) is 28.0 Å². The number of hydrogen-bond donors (Lipinski definition) is 0. The van der Waals surface area contributed by atoms with Gasteiger partial charge in [0.15, 0.2) is 0 Å². The fourth-order valence-corrected chi connectivity index (χ4v) is 4.15. The van der Waals surface area contributed by atoms with Gasteiger partial charge in [0.2, 0.25) is 5.91 Å². The number of rotatable bonds is 3. The van der Waals surface area contributed by atoms with Gasteiger partial charge in [0, 0.05) is 43.1 Å². The average molecular weight is 348 g/mol. The fourth-order valence-electron chi connectivity index (χ4n) is 3.02. The van der Waals surface area contributed by atoms with Gasteiger partial charge in [-0.25, -0.2) is 0 Å². The van der Waals surface area contributed by atoms with Crippen LogP contribution in [0.3, 0.4) is 0 Å². The number of esters is 1. The van der Waals surface area contributed by atoms with E-state index in [9.17, 15) is 14.4 Å². The second-order valence-corrected chi connectivity index (χ2v) is 7.14. The van der Waals surface area contributed by atoms with Crippen LogP contribution in [0.25, 0.3) is 0 Å². The molecular weight excluding hydrogens is 328 g/mol. The highest BCUT2D eigenvalue weighted by atomic mass is 32.2. The molecule has 1 aromatic rings. The molecule has 3 rings (SSSR count). The number of ether oxygens (including phenoxy) is 1. The van der Waals surface area contributed by atoms with Gasteiger partial charge in [0.25, 0.3) is 5.91 Å². The second-order valence-electron chi connectivity index (χ2n) is 5.83. The highest BCUT2D eigenvalue weighted by molar-refractivity contribution is 8.00. The summed E-state index contributed by atoms with van der Waals surface area (Å²) in [5.41, 5.74) is 1.31. The van der Waals surface area contributed by atoms with E-state index in [0.29, 0.717) is 37.4 Å². The zero-order valence-corrected chi connectivity index (χ0v) is 14.4. The van der Waals surface area contributed by atoms with Gasteiger partial charge in [-0.15, -0.1) is 11.8 Å². The largest absolute Gasteiger partial charge is 0.468 e. The van der Waals surface area contributed by atoms with E-state index in [2.05, 4.69) is 0 Å². The molecule has 24 heavy (non-hydrogen) atoms. The minimum Gasteiger partial charge on any atom is -0.468 e. The molecule has 1 aromatic carbocycles. The first-order chi connectivity index (χ1) is 11.6.